The summed E-state index contributed by atoms with van der Waals surface area (Å²) in [4.78, 5) is 15.4. The molecular formula is C22H26N4. The Kier molecular flexibility index (Phi) is 5.29. The van der Waals surface area contributed by atoms with Crippen molar-refractivity contribution in [3.05, 3.63) is 60.2 Å². The van der Waals surface area contributed by atoms with E-state index in [1.54, 1.807) is 0 Å². The van der Waals surface area contributed by atoms with Gasteiger partial charge in [0.25, 0.3) is 0 Å². The molecule has 4 rings (SSSR count). The minimum absolute atomic E-state index is 1.08. The summed E-state index contributed by atoms with van der Waals surface area (Å²) in [6, 6.07) is 8.38. The van der Waals surface area contributed by atoms with Gasteiger partial charge in [-0.25, -0.2) is 0 Å². The molecule has 4 aromatic heterocycles. The SMILES string of the molecule is c1cc(CCCCCCCCc2ccnc3cc[nH]c23)c2[nH]ccc2n1. The second-order valence-corrected chi connectivity index (χ2v) is 7.04. The van der Waals surface area contributed by atoms with E-state index in [4.69, 9.17) is 0 Å². The third-order valence-electron chi connectivity index (χ3n) is 5.21. The van der Waals surface area contributed by atoms with Crippen LogP contribution >= 0.6 is 0 Å². The third-order valence-corrected chi connectivity index (χ3v) is 5.21. The van der Waals surface area contributed by atoms with Crippen molar-refractivity contribution in [1.82, 2.24) is 19.9 Å². The van der Waals surface area contributed by atoms with Gasteiger partial charge >= 0.3 is 0 Å². The lowest BCUT2D eigenvalue weighted by atomic mass is 10.0. The molecule has 0 atom stereocenters. The molecule has 0 fully saturated rings. The highest BCUT2D eigenvalue weighted by molar-refractivity contribution is 5.78. The highest BCUT2D eigenvalue weighted by atomic mass is 14.8. The summed E-state index contributed by atoms with van der Waals surface area (Å²) >= 11 is 0. The lowest BCUT2D eigenvalue weighted by Gasteiger charge is -2.05. The second kappa shape index (κ2) is 8.17. The summed E-state index contributed by atoms with van der Waals surface area (Å²) in [5.41, 5.74) is 7.37. The minimum Gasteiger partial charge on any atom is -0.360 e. The molecule has 4 nitrogen and oxygen atoms in total. The fraction of sp³-hybridized carbons (Fsp3) is 0.364. The molecule has 26 heavy (non-hydrogen) atoms. The van der Waals surface area contributed by atoms with Crippen LogP contribution < -0.4 is 0 Å². The van der Waals surface area contributed by atoms with Crippen molar-refractivity contribution in [2.75, 3.05) is 0 Å². The van der Waals surface area contributed by atoms with E-state index in [1.165, 1.54) is 60.7 Å². The molecule has 0 bridgehead atoms. The lowest BCUT2D eigenvalue weighted by Crippen LogP contribution is -1.91. The Labute approximate surface area is 154 Å². The van der Waals surface area contributed by atoms with E-state index in [0.29, 0.717) is 0 Å². The van der Waals surface area contributed by atoms with Gasteiger partial charge in [-0.3, -0.25) is 9.97 Å². The van der Waals surface area contributed by atoms with E-state index in [-0.39, 0.29) is 0 Å². The number of H-pyrrole nitrogens is 2. The first kappa shape index (κ1) is 16.8. The average Bonchev–Trinajstić information content (AvgIpc) is 3.33. The van der Waals surface area contributed by atoms with Gasteiger partial charge in [-0.1, -0.05) is 25.7 Å². The van der Waals surface area contributed by atoms with Gasteiger partial charge in [-0.2, -0.15) is 0 Å². The fourth-order valence-electron chi connectivity index (χ4n) is 3.79. The number of unbranched alkanes of at least 4 members (excludes halogenated alkanes) is 5. The largest absolute Gasteiger partial charge is 0.360 e. The maximum atomic E-state index is 4.38. The first-order chi connectivity index (χ1) is 12.9. The van der Waals surface area contributed by atoms with Gasteiger partial charge in [0.1, 0.15) is 0 Å². The zero-order valence-corrected chi connectivity index (χ0v) is 15.2. The first-order valence-corrected chi connectivity index (χ1v) is 9.74. The molecule has 0 aliphatic carbocycles. The highest BCUT2D eigenvalue weighted by Crippen LogP contribution is 2.19. The van der Waals surface area contributed by atoms with Gasteiger partial charge in [0.15, 0.2) is 0 Å². The predicted octanol–water partition coefficient (Wildman–Crippen LogP) is 5.57. The summed E-state index contributed by atoms with van der Waals surface area (Å²) < 4.78 is 0. The Morgan fingerprint density at radius 2 is 1.04 bits per heavy atom. The molecule has 2 N–H and O–H groups in total. The van der Waals surface area contributed by atoms with Gasteiger partial charge in [0, 0.05) is 24.8 Å². The molecule has 0 unspecified atom stereocenters. The van der Waals surface area contributed by atoms with E-state index >= 15 is 0 Å². The van der Waals surface area contributed by atoms with Crippen molar-refractivity contribution in [3.63, 3.8) is 0 Å². The van der Waals surface area contributed by atoms with E-state index < -0.39 is 0 Å². The minimum atomic E-state index is 1.08. The number of aromatic nitrogens is 4. The van der Waals surface area contributed by atoms with E-state index in [0.717, 1.165) is 23.9 Å². The van der Waals surface area contributed by atoms with Crippen LogP contribution in [0.4, 0.5) is 0 Å². The molecule has 4 heterocycles. The Morgan fingerprint density at radius 3 is 1.54 bits per heavy atom. The molecule has 0 radical (unpaired) electrons. The van der Waals surface area contributed by atoms with Crippen molar-refractivity contribution >= 4 is 22.1 Å². The number of hydrogen-bond acceptors (Lipinski definition) is 2. The second-order valence-electron chi connectivity index (χ2n) is 7.04. The van der Waals surface area contributed by atoms with Crippen LogP contribution in [-0.2, 0) is 12.8 Å². The van der Waals surface area contributed by atoms with Crippen LogP contribution in [0.3, 0.4) is 0 Å². The monoisotopic (exact) mass is 346 g/mol. The number of nitrogens with zero attached hydrogens (tertiary/aromatic N) is 2. The number of aryl methyl sites for hydroxylation is 2. The van der Waals surface area contributed by atoms with Crippen LogP contribution in [0.5, 0.6) is 0 Å². The molecule has 4 aromatic rings. The van der Waals surface area contributed by atoms with Crippen LogP contribution in [0.2, 0.25) is 0 Å². The van der Waals surface area contributed by atoms with E-state index in [9.17, 15) is 0 Å². The number of pyridine rings is 2. The number of fused-ring (bicyclic) bond motifs is 2. The number of rotatable bonds is 9. The standard InChI is InChI=1S/C22H26N4/c1(3-5-7-17-9-13-23-19-11-15-25-21(17)19)2-4-6-8-18-10-14-24-20-12-16-26-22(18)20/h9-16,25-26H,1-8H2. The van der Waals surface area contributed by atoms with E-state index in [2.05, 4.69) is 32.1 Å². The van der Waals surface area contributed by atoms with Crippen molar-refractivity contribution in [2.24, 2.45) is 0 Å². The van der Waals surface area contributed by atoms with Crippen molar-refractivity contribution < 1.29 is 0 Å². The summed E-state index contributed by atoms with van der Waals surface area (Å²) in [7, 11) is 0. The van der Waals surface area contributed by atoms with Gasteiger partial charge in [-0.15, -0.1) is 0 Å². The molecule has 4 heteroatoms. The Bertz CT molecular complexity index is 886. The van der Waals surface area contributed by atoms with Crippen molar-refractivity contribution in [2.45, 2.75) is 51.4 Å². The fourth-order valence-corrected chi connectivity index (χ4v) is 3.79. The van der Waals surface area contributed by atoms with Crippen LogP contribution in [0.25, 0.3) is 22.1 Å². The molecule has 0 saturated heterocycles. The molecule has 0 spiro atoms. The van der Waals surface area contributed by atoms with E-state index in [1.807, 2.05) is 36.9 Å². The molecule has 0 aromatic carbocycles. The Morgan fingerprint density at radius 1 is 0.577 bits per heavy atom. The Balaban J connectivity index is 1.14. The summed E-state index contributed by atoms with van der Waals surface area (Å²) in [5, 5.41) is 0. The smallest absolute Gasteiger partial charge is 0.0881 e. The van der Waals surface area contributed by atoms with Gasteiger partial charge < -0.3 is 9.97 Å². The number of hydrogen-bond donors (Lipinski definition) is 2. The first-order valence-electron chi connectivity index (χ1n) is 9.74. The molecule has 0 aliphatic rings. The molecular weight excluding hydrogens is 320 g/mol. The lowest BCUT2D eigenvalue weighted by molar-refractivity contribution is 0.594. The maximum absolute atomic E-state index is 4.38. The maximum Gasteiger partial charge on any atom is 0.0881 e. The van der Waals surface area contributed by atoms with Crippen LogP contribution in [0.1, 0.15) is 49.7 Å². The van der Waals surface area contributed by atoms with Crippen LogP contribution in [-0.4, -0.2) is 19.9 Å². The quantitative estimate of drug-likeness (QED) is 0.390. The zero-order valence-electron chi connectivity index (χ0n) is 15.2. The van der Waals surface area contributed by atoms with Crippen LogP contribution in [0, 0.1) is 0 Å². The summed E-state index contributed by atoms with van der Waals surface area (Å²) in [6.07, 6.45) is 17.9. The normalized spacial score (nSPS) is 11.5. The van der Waals surface area contributed by atoms with Crippen molar-refractivity contribution in [1.29, 1.82) is 0 Å². The molecule has 0 aliphatic heterocycles. The average molecular weight is 346 g/mol. The molecule has 0 saturated carbocycles. The zero-order chi connectivity index (χ0) is 17.6. The van der Waals surface area contributed by atoms with Crippen molar-refractivity contribution in [3.8, 4) is 0 Å². The van der Waals surface area contributed by atoms with Crippen LogP contribution in [0.15, 0.2) is 49.1 Å². The topological polar surface area (TPSA) is 57.4 Å². The number of nitrogens with one attached hydrogen (secondary N) is 2. The van der Waals surface area contributed by atoms with Gasteiger partial charge in [-0.05, 0) is 61.1 Å². The number of aromatic amines is 2. The summed E-state index contributed by atoms with van der Waals surface area (Å²) in [5.74, 6) is 0. The summed E-state index contributed by atoms with van der Waals surface area (Å²) in [6.45, 7) is 0. The van der Waals surface area contributed by atoms with Gasteiger partial charge in [0.05, 0.1) is 22.1 Å². The molecule has 0 amide bonds. The third kappa shape index (κ3) is 3.79. The Hall–Kier alpha value is -2.62. The predicted molar refractivity (Wildman–Crippen MR) is 107 cm³/mol. The van der Waals surface area contributed by atoms with Gasteiger partial charge in [0.2, 0.25) is 0 Å². The molecule has 134 valence electrons. The highest BCUT2D eigenvalue weighted by Gasteiger charge is 2.04.